The van der Waals surface area contributed by atoms with Crippen molar-refractivity contribution in [3.63, 3.8) is 0 Å². The lowest BCUT2D eigenvalue weighted by molar-refractivity contribution is 0.102. The number of benzene rings is 2. The van der Waals surface area contributed by atoms with Crippen molar-refractivity contribution in [2.75, 3.05) is 19.5 Å². The summed E-state index contributed by atoms with van der Waals surface area (Å²) in [6.07, 6.45) is 0. The smallest absolute Gasteiger partial charge is 0.275 e. The third-order valence-corrected chi connectivity index (χ3v) is 4.74. The minimum Gasteiger partial charge on any atom is -0.493 e. The molecule has 3 aromatic rings. The third-order valence-electron chi connectivity index (χ3n) is 3.55. The summed E-state index contributed by atoms with van der Waals surface area (Å²) >= 11 is 7.23. The maximum Gasteiger partial charge on any atom is 0.275 e. The Balaban J connectivity index is 1.87. The van der Waals surface area contributed by atoms with Crippen molar-refractivity contribution in [1.29, 1.82) is 0 Å². The highest BCUT2D eigenvalue weighted by Gasteiger charge is 2.18. The molecule has 1 aromatic heterocycles. The summed E-state index contributed by atoms with van der Waals surface area (Å²) in [5.41, 5.74) is 1.25. The number of anilines is 1. The zero-order valence-corrected chi connectivity index (χ0v) is 15.5. The van der Waals surface area contributed by atoms with Crippen molar-refractivity contribution < 1.29 is 18.7 Å². The molecule has 1 amide bonds. The van der Waals surface area contributed by atoms with Gasteiger partial charge in [0, 0.05) is 5.38 Å². The first-order valence-corrected chi connectivity index (χ1v) is 8.72. The van der Waals surface area contributed by atoms with E-state index in [9.17, 15) is 9.18 Å². The summed E-state index contributed by atoms with van der Waals surface area (Å²) in [5.74, 6) is 0.194. The van der Waals surface area contributed by atoms with Crippen LogP contribution in [-0.4, -0.2) is 25.1 Å². The second-order valence-electron chi connectivity index (χ2n) is 5.16. The van der Waals surface area contributed by atoms with E-state index in [4.69, 9.17) is 21.1 Å². The predicted molar refractivity (Wildman–Crippen MR) is 100 cm³/mol. The first-order valence-electron chi connectivity index (χ1n) is 7.46. The Bertz CT molecular complexity index is 961. The normalized spacial score (nSPS) is 10.5. The van der Waals surface area contributed by atoms with Crippen molar-refractivity contribution in [3.05, 3.63) is 58.3 Å². The van der Waals surface area contributed by atoms with Gasteiger partial charge in [-0.05, 0) is 30.3 Å². The molecular weight excluding hydrogens is 379 g/mol. The van der Waals surface area contributed by atoms with Gasteiger partial charge >= 0.3 is 0 Å². The highest BCUT2D eigenvalue weighted by Crippen LogP contribution is 2.39. The molecule has 0 aliphatic heterocycles. The molecule has 0 spiro atoms. The van der Waals surface area contributed by atoms with Crippen molar-refractivity contribution in [3.8, 4) is 22.1 Å². The van der Waals surface area contributed by atoms with Gasteiger partial charge in [-0.2, -0.15) is 0 Å². The number of nitrogens with zero attached hydrogens (tertiary/aromatic N) is 1. The third kappa shape index (κ3) is 3.63. The van der Waals surface area contributed by atoms with E-state index in [1.807, 2.05) is 12.1 Å². The summed E-state index contributed by atoms with van der Waals surface area (Å²) in [7, 11) is 3.09. The molecule has 0 aliphatic rings. The Morgan fingerprint density at radius 1 is 1.23 bits per heavy atom. The van der Waals surface area contributed by atoms with Gasteiger partial charge in [-0.1, -0.05) is 17.7 Å². The number of hydrogen-bond acceptors (Lipinski definition) is 5. The van der Waals surface area contributed by atoms with Gasteiger partial charge in [0.2, 0.25) is 0 Å². The number of nitrogens with one attached hydrogen (secondary N) is 1. The van der Waals surface area contributed by atoms with Crippen LogP contribution in [0, 0.1) is 5.82 Å². The average Bonchev–Trinajstić information content (AvgIpc) is 3.13. The number of methoxy groups -OCH3 is 2. The Hall–Kier alpha value is -2.64. The summed E-state index contributed by atoms with van der Waals surface area (Å²) in [5, 5.41) is 4.97. The summed E-state index contributed by atoms with van der Waals surface area (Å²) in [6, 6.07) is 9.17. The van der Waals surface area contributed by atoms with Gasteiger partial charge < -0.3 is 14.8 Å². The number of para-hydroxylation sites is 1. The predicted octanol–water partition coefficient (Wildman–Crippen LogP) is 4.87. The number of aromatic nitrogens is 1. The van der Waals surface area contributed by atoms with E-state index < -0.39 is 11.7 Å². The fraction of sp³-hybridized carbons (Fsp3) is 0.111. The first-order chi connectivity index (χ1) is 12.5. The Morgan fingerprint density at radius 3 is 2.73 bits per heavy atom. The molecule has 26 heavy (non-hydrogen) atoms. The van der Waals surface area contributed by atoms with E-state index in [-0.39, 0.29) is 10.7 Å². The zero-order chi connectivity index (χ0) is 18.7. The maximum absolute atomic E-state index is 13.1. The van der Waals surface area contributed by atoms with Crippen LogP contribution in [0.3, 0.4) is 0 Å². The Morgan fingerprint density at radius 2 is 2.04 bits per heavy atom. The Labute approximate surface area is 158 Å². The van der Waals surface area contributed by atoms with Crippen LogP contribution in [0.1, 0.15) is 10.5 Å². The lowest BCUT2D eigenvalue weighted by atomic mass is 10.2. The minimum absolute atomic E-state index is 0.114. The number of thiazole rings is 1. The van der Waals surface area contributed by atoms with Crippen LogP contribution in [-0.2, 0) is 0 Å². The molecule has 5 nitrogen and oxygen atoms in total. The number of halogens is 2. The molecule has 0 fully saturated rings. The van der Waals surface area contributed by atoms with Crippen LogP contribution in [0.25, 0.3) is 10.6 Å². The molecule has 0 bridgehead atoms. The van der Waals surface area contributed by atoms with Crippen molar-refractivity contribution >= 4 is 34.5 Å². The molecule has 0 radical (unpaired) electrons. The van der Waals surface area contributed by atoms with Gasteiger partial charge in [-0.3, -0.25) is 4.79 Å². The summed E-state index contributed by atoms with van der Waals surface area (Å²) < 4.78 is 23.8. The van der Waals surface area contributed by atoms with Gasteiger partial charge in [-0.25, -0.2) is 9.37 Å². The van der Waals surface area contributed by atoms with Crippen LogP contribution >= 0.6 is 22.9 Å². The zero-order valence-electron chi connectivity index (χ0n) is 13.9. The topological polar surface area (TPSA) is 60.5 Å². The standard InChI is InChI=1S/C18H14ClFN2O3S/c1-24-15-5-3-4-11(16(15)25-2)18-22-14(9-26-18)17(23)21-13-7-6-10(20)8-12(13)19/h3-9H,1-2H3,(H,21,23). The van der Waals surface area contributed by atoms with Crippen LogP contribution in [0.2, 0.25) is 5.02 Å². The first kappa shape index (κ1) is 18.2. The van der Waals surface area contributed by atoms with Crippen molar-refractivity contribution in [2.24, 2.45) is 0 Å². The molecule has 2 aromatic carbocycles. The molecular formula is C18H14ClFN2O3S. The van der Waals surface area contributed by atoms with E-state index in [0.29, 0.717) is 22.2 Å². The molecule has 8 heteroatoms. The molecule has 0 saturated heterocycles. The lowest BCUT2D eigenvalue weighted by Gasteiger charge is -2.10. The molecule has 1 N–H and O–H groups in total. The number of carbonyl (C=O) groups is 1. The van der Waals surface area contributed by atoms with Gasteiger partial charge in [0.25, 0.3) is 5.91 Å². The number of ether oxygens (including phenoxy) is 2. The van der Waals surface area contributed by atoms with Crippen LogP contribution in [0.15, 0.2) is 41.8 Å². The van der Waals surface area contributed by atoms with Gasteiger partial charge in [0.05, 0.1) is 30.5 Å². The molecule has 0 aliphatic carbocycles. The van der Waals surface area contributed by atoms with E-state index >= 15 is 0 Å². The van der Waals surface area contributed by atoms with E-state index in [1.54, 1.807) is 25.7 Å². The molecule has 1 heterocycles. The minimum atomic E-state index is -0.478. The van der Waals surface area contributed by atoms with E-state index in [1.165, 1.54) is 23.5 Å². The molecule has 0 saturated carbocycles. The van der Waals surface area contributed by atoms with Crippen molar-refractivity contribution in [1.82, 2.24) is 4.98 Å². The van der Waals surface area contributed by atoms with Crippen LogP contribution < -0.4 is 14.8 Å². The van der Waals surface area contributed by atoms with Crippen LogP contribution in [0.4, 0.5) is 10.1 Å². The van der Waals surface area contributed by atoms with E-state index in [0.717, 1.165) is 11.6 Å². The molecule has 3 rings (SSSR count). The maximum atomic E-state index is 13.1. The van der Waals surface area contributed by atoms with Gasteiger partial charge in [-0.15, -0.1) is 11.3 Å². The Kier molecular flexibility index (Phi) is 5.39. The van der Waals surface area contributed by atoms with Gasteiger partial charge in [0.1, 0.15) is 16.5 Å². The number of hydrogen-bond donors (Lipinski definition) is 1. The van der Waals surface area contributed by atoms with Gasteiger partial charge in [0.15, 0.2) is 11.5 Å². The average molecular weight is 393 g/mol. The molecule has 0 atom stereocenters. The second-order valence-corrected chi connectivity index (χ2v) is 6.42. The van der Waals surface area contributed by atoms with E-state index in [2.05, 4.69) is 10.3 Å². The quantitative estimate of drug-likeness (QED) is 0.672. The summed E-state index contributed by atoms with van der Waals surface area (Å²) in [4.78, 5) is 16.8. The highest BCUT2D eigenvalue weighted by atomic mass is 35.5. The molecule has 0 unspecified atom stereocenters. The summed E-state index contributed by atoms with van der Waals surface area (Å²) in [6.45, 7) is 0. The molecule has 134 valence electrons. The van der Waals surface area contributed by atoms with Crippen LogP contribution in [0.5, 0.6) is 11.5 Å². The number of carbonyl (C=O) groups excluding carboxylic acids is 1. The van der Waals surface area contributed by atoms with Crippen molar-refractivity contribution in [2.45, 2.75) is 0 Å². The number of rotatable bonds is 5. The highest BCUT2D eigenvalue weighted by molar-refractivity contribution is 7.13. The SMILES string of the molecule is COc1cccc(-c2nc(C(=O)Nc3ccc(F)cc3Cl)cs2)c1OC. The fourth-order valence-corrected chi connectivity index (χ4v) is 3.37. The second kappa shape index (κ2) is 7.72. The fourth-order valence-electron chi connectivity index (χ4n) is 2.33. The monoisotopic (exact) mass is 392 g/mol. The number of amides is 1. The lowest BCUT2D eigenvalue weighted by Crippen LogP contribution is -2.12. The largest absolute Gasteiger partial charge is 0.493 e.